The number of benzene rings is 1. The predicted molar refractivity (Wildman–Crippen MR) is 92.3 cm³/mol. The van der Waals surface area contributed by atoms with Crippen LogP contribution in [0, 0.1) is 12.3 Å². The van der Waals surface area contributed by atoms with Crippen LogP contribution in [0.5, 0.6) is 0 Å². The van der Waals surface area contributed by atoms with Crippen LogP contribution in [0.4, 0.5) is 0 Å². The molecule has 6 heteroatoms. The van der Waals surface area contributed by atoms with Crippen LogP contribution in [0.25, 0.3) is 10.9 Å². The lowest BCUT2D eigenvalue weighted by Crippen LogP contribution is -2.27. The molecule has 6 nitrogen and oxygen atoms in total. The lowest BCUT2D eigenvalue weighted by atomic mass is 9.77. The van der Waals surface area contributed by atoms with Gasteiger partial charge in [-0.3, -0.25) is 9.59 Å². The largest absolute Gasteiger partial charge is 0.511 e. The normalized spacial score (nSPS) is 17.9. The lowest BCUT2D eigenvalue weighted by molar-refractivity contribution is -0.117. The lowest BCUT2D eigenvalue weighted by Gasteiger charge is -2.28. The number of Topliss-reactive ketones (excluding diaryl/α,β-unsaturated/α-hetero) is 1. The van der Waals surface area contributed by atoms with Crippen LogP contribution < -0.4 is 5.56 Å². The third-order valence-corrected chi connectivity index (χ3v) is 4.11. The van der Waals surface area contributed by atoms with Crippen molar-refractivity contribution in [3.05, 3.63) is 51.8 Å². The summed E-state index contributed by atoms with van der Waals surface area (Å²) in [4.78, 5) is 29.1. The van der Waals surface area contributed by atoms with Gasteiger partial charge in [0.1, 0.15) is 11.6 Å². The SMILES string of the molecule is Cc1nc2ccccc2c(=O)n1N=CC1=C(O)CC(C)(C)CC1=O. The van der Waals surface area contributed by atoms with E-state index in [1.54, 1.807) is 25.1 Å². The topological polar surface area (TPSA) is 84.6 Å². The minimum Gasteiger partial charge on any atom is -0.511 e. The number of fused-ring (bicyclic) bond motifs is 1. The van der Waals surface area contributed by atoms with E-state index in [1.165, 1.54) is 6.21 Å². The number of ketones is 1. The number of nitrogens with zero attached hydrogens (tertiary/aromatic N) is 3. The van der Waals surface area contributed by atoms with Crippen molar-refractivity contribution in [3.8, 4) is 0 Å². The molecule has 0 atom stereocenters. The first-order chi connectivity index (χ1) is 11.3. The summed E-state index contributed by atoms with van der Waals surface area (Å²) in [6, 6.07) is 7.02. The van der Waals surface area contributed by atoms with E-state index in [-0.39, 0.29) is 28.1 Å². The molecule has 0 radical (unpaired) electrons. The van der Waals surface area contributed by atoms with Crippen molar-refractivity contribution in [2.75, 3.05) is 0 Å². The molecule has 1 aliphatic rings. The summed E-state index contributed by atoms with van der Waals surface area (Å²) >= 11 is 0. The van der Waals surface area contributed by atoms with Crippen LogP contribution >= 0.6 is 0 Å². The standard InChI is InChI=1S/C18H19N3O3/c1-11-20-14-7-5-4-6-12(14)17(24)21(11)19-10-13-15(22)8-18(2,3)9-16(13)23/h4-7,10,22H,8-9H2,1-3H3. The highest BCUT2D eigenvalue weighted by Crippen LogP contribution is 2.35. The molecule has 3 rings (SSSR count). The summed E-state index contributed by atoms with van der Waals surface area (Å²) < 4.78 is 1.15. The van der Waals surface area contributed by atoms with Crippen LogP contribution in [0.1, 0.15) is 32.5 Å². The highest BCUT2D eigenvalue weighted by Gasteiger charge is 2.32. The first kappa shape index (κ1) is 16.1. The number of hydrogen-bond donors (Lipinski definition) is 1. The summed E-state index contributed by atoms with van der Waals surface area (Å²) in [5.74, 6) is 0.255. The third-order valence-electron chi connectivity index (χ3n) is 4.11. The average Bonchev–Trinajstić information content (AvgIpc) is 2.48. The van der Waals surface area contributed by atoms with Crippen LogP contribution in [0.3, 0.4) is 0 Å². The van der Waals surface area contributed by atoms with E-state index >= 15 is 0 Å². The maximum atomic E-state index is 12.5. The Kier molecular flexibility index (Phi) is 3.83. The minimum absolute atomic E-state index is 0.0134. The van der Waals surface area contributed by atoms with Crippen molar-refractivity contribution >= 4 is 22.9 Å². The summed E-state index contributed by atoms with van der Waals surface area (Å²) in [6.45, 7) is 5.53. The van der Waals surface area contributed by atoms with Crippen molar-refractivity contribution in [2.45, 2.75) is 33.6 Å². The number of allylic oxidation sites excluding steroid dienone is 2. The van der Waals surface area contributed by atoms with E-state index in [2.05, 4.69) is 10.1 Å². The highest BCUT2D eigenvalue weighted by atomic mass is 16.3. The van der Waals surface area contributed by atoms with Crippen molar-refractivity contribution in [1.29, 1.82) is 0 Å². The fourth-order valence-corrected chi connectivity index (χ4v) is 2.93. The fourth-order valence-electron chi connectivity index (χ4n) is 2.93. The zero-order valence-corrected chi connectivity index (χ0v) is 13.9. The van der Waals surface area contributed by atoms with Crippen molar-refractivity contribution in [1.82, 2.24) is 9.66 Å². The number of aliphatic hydroxyl groups excluding tert-OH is 1. The molecule has 1 heterocycles. The van der Waals surface area contributed by atoms with Crippen LogP contribution in [0.15, 0.2) is 45.5 Å². The molecule has 0 amide bonds. The molecule has 1 aromatic carbocycles. The van der Waals surface area contributed by atoms with Gasteiger partial charge in [-0.25, -0.2) is 4.98 Å². The summed E-state index contributed by atoms with van der Waals surface area (Å²) in [5, 5.41) is 14.7. The maximum absolute atomic E-state index is 12.5. The second-order valence-corrected chi connectivity index (χ2v) is 6.84. The first-order valence-electron chi connectivity index (χ1n) is 7.76. The Balaban J connectivity index is 2.06. The zero-order chi connectivity index (χ0) is 17.5. The summed E-state index contributed by atoms with van der Waals surface area (Å²) in [7, 11) is 0. The van der Waals surface area contributed by atoms with Gasteiger partial charge in [0, 0.05) is 12.8 Å². The van der Waals surface area contributed by atoms with Gasteiger partial charge in [0.05, 0.1) is 22.7 Å². The second kappa shape index (κ2) is 5.70. The van der Waals surface area contributed by atoms with Gasteiger partial charge in [0.2, 0.25) is 0 Å². The summed E-state index contributed by atoms with van der Waals surface area (Å²) in [5.41, 5.74) is 0.186. The van der Waals surface area contributed by atoms with Gasteiger partial charge >= 0.3 is 0 Å². The molecule has 124 valence electrons. The number of aliphatic hydroxyl groups is 1. The number of aromatic nitrogens is 2. The Morgan fingerprint density at radius 1 is 1.25 bits per heavy atom. The molecular weight excluding hydrogens is 306 g/mol. The van der Waals surface area contributed by atoms with Gasteiger partial charge in [-0.15, -0.1) is 0 Å². The average molecular weight is 325 g/mol. The molecule has 0 spiro atoms. The van der Waals surface area contributed by atoms with E-state index in [1.807, 2.05) is 19.9 Å². The minimum atomic E-state index is -0.307. The third kappa shape index (κ3) is 2.87. The second-order valence-electron chi connectivity index (χ2n) is 6.84. The van der Waals surface area contributed by atoms with E-state index in [4.69, 9.17) is 0 Å². The Bertz CT molecular complexity index is 952. The molecule has 0 unspecified atom stereocenters. The van der Waals surface area contributed by atoms with E-state index < -0.39 is 0 Å². The number of para-hydroxylation sites is 1. The molecular formula is C18H19N3O3. The van der Waals surface area contributed by atoms with E-state index in [0.29, 0.717) is 29.6 Å². The van der Waals surface area contributed by atoms with Gasteiger partial charge < -0.3 is 5.11 Å². The van der Waals surface area contributed by atoms with Crippen molar-refractivity contribution < 1.29 is 9.90 Å². The molecule has 2 aromatic rings. The van der Waals surface area contributed by atoms with Gasteiger partial charge in [0.15, 0.2) is 5.78 Å². The highest BCUT2D eigenvalue weighted by molar-refractivity contribution is 6.14. The number of aryl methyl sites for hydroxylation is 1. The number of rotatable bonds is 2. The molecule has 1 aromatic heterocycles. The molecule has 1 N–H and O–H groups in total. The molecule has 0 fully saturated rings. The van der Waals surface area contributed by atoms with Gasteiger partial charge in [0.25, 0.3) is 5.56 Å². The molecule has 0 bridgehead atoms. The molecule has 24 heavy (non-hydrogen) atoms. The van der Waals surface area contributed by atoms with Gasteiger partial charge in [-0.05, 0) is 24.5 Å². The molecule has 0 aliphatic heterocycles. The Hall–Kier alpha value is -2.76. The molecule has 0 saturated heterocycles. The zero-order valence-electron chi connectivity index (χ0n) is 13.9. The monoisotopic (exact) mass is 325 g/mol. The van der Waals surface area contributed by atoms with Gasteiger partial charge in [-0.1, -0.05) is 26.0 Å². The smallest absolute Gasteiger partial charge is 0.282 e. The number of hydrogen-bond acceptors (Lipinski definition) is 5. The number of carbonyl (C=O) groups excluding carboxylic acids is 1. The number of carbonyl (C=O) groups is 1. The first-order valence-corrected chi connectivity index (χ1v) is 7.76. The fraction of sp³-hybridized carbons (Fsp3) is 0.333. The van der Waals surface area contributed by atoms with Crippen molar-refractivity contribution in [2.24, 2.45) is 10.5 Å². The molecule has 1 aliphatic carbocycles. The molecule has 0 saturated carbocycles. The Labute approximate surface area is 139 Å². The van der Waals surface area contributed by atoms with Crippen LogP contribution in [-0.4, -0.2) is 26.8 Å². The van der Waals surface area contributed by atoms with Crippen LogP contribution in [-0.2, 0) is 4.79 Å². The quantitative estimate of drug-likeness (QED) is 0.860. The van der Waals surface area contributed by atoms with Crippen molar-refractivity contribution in [3.63, 3.8) is 0 Å². The Morgan fingerprint density at radius 3 is 2.67 bits per heavy atom. The van der Waals surface area contributed by atoms with E-state index in [9.17, 15) is 14.7 Å². The summed E-state index contributed by atoms with van der Waals surface area (Å²) in [6.07, 6.45) is 2.00. The predicted octanol–water partition coefficient (Wildman–Crippen LogP) is 2.74. The van der Waals surface area contributed by atoms with Crippen LogP contribution in [0.2, 0.25) is 0 Å². The van der Waals surface area contributed by atoms with E-state index in [0.717, 1.165) is 4.68 Å². The maximum Gasteiger partial charge on any atom is 0.282 e. The van der Waals surface area contributed by atoms with Gasteiger partial charge in [-0.2, -0.15) is 9.78 Å². The Morgan fingerprint density at radius 2 is 1.96 bits per heavy atom.